The van der Waals surface area contributed by atoms with Crippen LogP contribution in [0.5, 0.6) is 0 Å². The lowest BCUT2D eigenvalue weighted by Gasteiger charge is -2.07. The van der Waals surface area contributed by atoms with Crippen LogP contribution in [0.15, 0.2) is 30.3 Å². The van der Waals surface area contributed by atoms with Crippen molar-refractivity contribution in [1.29, 1.82) is 0 Å². The SMILES string of the molecule is COC(=O)C[C@@H](Br)c1ccccc1. The summed E-state index contributed by atoms with van der Waals surface area (Å²) in [6.45, 7) is 0. The quantitative estimate of drug-likeness (QED) is 0.602. The summed E-state index contributed by atoms with van der Waals surface area (Å²) in [7, 11) is 1.40. The van der Waals surface area contributed by atoms with Crippen molar-refractivity contribution in [3.05, 3.63) is 35.9 Å². The molecule has 1 aromatic carbocycles. The topological polar surface area (TPSA) is 26.3 Å². The van der Waals surface area contributed by atoms with Crippen LogP contribution in [-0.4, -0.2) is 13.1 Å². The fourth-order valence-corrected chi connectivity index (χ4v) is 1.58. The maximum atomic E-state index is 10.9. The van der Waals surface area contributed by atoms with E-state index in [1.165, 1.54) is 7.11 Å². The van der Waals surface area contributed by atoms with Gasteiger partial charge in [0.05, 0.1) is 13.5 Å². The van der Waals surface area contributed by atoms with E-state index in [1.807, 2.05) is 30.3 Å². The van der Waals surface area contributed by atoms with Crippen LogP contribution in [-0.2, 0) is 9.53 Å². The zero-order valence-electron chi connectivity index (χ0n) is 7.37. The monoisotopic (exact) mass is 242 g/mol. The zero-order valence-corrected chi connectivity index (χ0v) is 8.95. The second-order valence-electron chi connectivity index (χ2n) is 2.66. The Morgan fingerprint density at radius 1 is 1.46 bits per heavy atom. The van der Waals surface area contributed by atoms with E-state index in [4.69, 9.17) is 0 Å². The second kappa shape index (κ2) is 5.02. The molecular formula is C10H11BrO2. The Labute approximate surface area is 86.0 Å². The number of hydrogen-bond donors (Lipinski definition) is 0. The number of halogens is 1. The molecule has 2 nitrogen and oxygen atoms in total. The van der Waals surface area contributed by atoms with Crippen molar-refractivity contribution >= 4 is 21.9 Å². The molecule has 0 aromatic heterocycles. The van der Waals surface area contributed by atoms with Gasteiger partial charge in [0.25, 0.3) is 0 Å². The molecule has 0 bridgehead atoms. The van der Waals surface area contributed by atoms with E-state index in [-0.39, 0.29) is 10.8 Å². The van der Waals surface area contributed by atoms with Gasteiger partial charge in [0.15, 0.2) is 0 Å². The predicted molar refractivity (Wildman–Crippen MR) is 54.7 cm³/mol. The summed E-state index contributed by atoms with van der Waals surface area (Å²) in [5.41, 5.74) is 1.09. The number of alkyl halides is 1. The third-order valence-electron chi connectivity index (χ3n) is 1.73. The van der Waals surface area contributed by atoms with Crippen molar-refractivity contribution in [2.24, 2.45) is 0 Å². The number of esters is 1. The summed E-state index contributed by atoms with van der Waals surface area (Å²) in [6, 6.07) is 9.79. The van der Waals surface area contributed by atoms with Gasteiger partial charge >= 0.3 is 5.97 Å². The summed E-state index contributed by atoms with van der Waals surface area (Å²) in [5, 5.41) is 0. The molecule has 13 heavy (non-hydrogen) atoms. The molecule has 1 rings (SSSR count). The molecule has 0 aliphatic heterocycles. The van der Waals surface area contributed by atoms with Crippen LogP contribution in [0.1, 0.15) is 16.8 Å². The number of benzene rings is 1. The Kier molecular flexibility index (Phi) is 3.96. The first kappa shape index (κ1) is 10.3. The fourth-order valence-electron chi connectivity index (χ4n) is 1.01. The average molecular weight is 243 g/mol. The molecule has 1 aromatic rings. The molecule has 0 saturated carbocycles. The standard InChI is InChI=1S/C10H11BrO2/c1-13-10(12)7-9(11)8-5-3-2-4-6-8/h2-6,9H,7H2,1H3/t9-/m1/s1. The van der Waals surface area contributed by atoms with Crippen molar-refractivity contribution in [1.82, 2.24) is 0 Å². The first-order valence-corrected chi connectivity index (χ1v) is 4.91. The van der Waals surface area contributed by atoms with Gasteiger partial charge in [-0.3, -0.25) is 4.79 Å². The Balaban J connectivity index is 2.59. The van der Waals surface area contributed by atoms with Crippen molar-refractivity contribution in [2.45, 2.75) is 11.2 Å². The summed E-state index contributed by atoms with van der Waals surface area (Å²) in [5.74, 6) is -0.203. The van der Waals surface area contributed by atoms with Gasteiger partial charge in [0.2, 0.25) is 0 Å². The van der Waals surface area contributed by atoms with Crippen molar-refractivity contribution in [2.75, 3.05) is 7.11 Å². The highest BCUT2D eigenvalue weighted by Crippen LogP contribution is 2.25. The van der Waals surface area contributed by atoms with Gasteiger partial charge in [0.1, 0.15) is 0 Å². The van der Waals surface area contributed by atoms with Gasteiger partial charge in [-0.1, -0.05) is 46.3 Å². The van der Waals surface area contributed by atoms with Gasteiger partial charge < -0.3 is 4.74 Å². The first-order chi connectivity index (χ1) is 6.24. The molecule has 0 N–H and O–H groups in total. The van der Waals surface area contributed by atoms with E-state index in [2.05, 4.69) is 20.7 Å². The summed E-state index contributed by atoms with van der Waals surface area (Å²) >= 11 is 3.43. The molecule has 0 fully saturated rings. The maximum Gasteiger partial charge on any atom is 0.306 e. The van der Waals surface area contributed by atoms with Crippen LogP contribution in [0.3, 0.4) is 0 Å². The minimum atomic E-state index is -0.203. The lowest BCUT2D eigenvalue weighted by Crippen LogP contribution is -2.03. The number of carbonyl (C=O) groups is 1. The van der Waals surface area contributed by atoms with Crippen LogP contribution in [0.2, 0.25) is 0 Å². The third-order valence-corrected chi connectivity index (χ3v) is 2.59. The lowest BCUT2D eigenvalue weighted by atomic mass is 10.1. The van der Waals surface area contributed by atoms with Gasteiger partial charge in [-0.05, 0) is 5.56 Å². The van der Waals surface area contributed by atoms with Crippen molar-refractivity contribution in [3.8, 4) is 0 Å². The highest BCUT2D eigenvalue weighted by atomic mass is 79.9. The number of rotatable bonds is 3. The largest absolute Gasteiger partial charge is 0.469 e. The first-order valence-electron chi connectivity index (χ1n) is 4.00. The maximum absolute atomic E-state index is 10.9. The van der Waals surface area contributed by atoms with Gasteiger partial charge in [-0.25, -0.2) is 0 Å². The molecule has 0 heterocycles. The Bertz CT molecular complexity index is 272. The number of ether oxygens (including phenoxy) is 1. The number of hydrogen-bond acceptors (Lipinski definition) is 2. The third kappa shape index (κ3) is 3.19. The van der Waals surface area contributed by atoms with Crippen LogP contribution in [0.4, 0.5) is 0 Å². The molecule has 3 heteroatoms. The second-order valence-corrected chi connectivity index (χ2v) is 3.76. The molecule has 0 amide bonds. The number of methoxy groups -OCH3 is 1. The molecule has 1 atom stereocenters. The van der Waals surface area contributed by atoms with Gasteiger partial charge in [0, 0.05) is 4.83 Å². The predicted octanol–water partition coefficient (Wildman–Crippen LogP) is 2.69. The molecular weight excluding hydrogens is 232 g/mol. The molecule has 0 radical (unpaired) electrons. The van der Waals surface area contributed by atoms with E-state index in [0.29, 0.717) is 6.42 Å². The smallest absolute Gasteiger partial charge is 0.306 e. The Hall–Kier alpha value is -0.830. The van der Waals surface area contributed by atoms with E-state index >= 15 is 0 Å². The van der Waals surface area contributed by atoms with Crippen LogP contribution >= 0.6 is 15.9 Å². The summed E-state index contributed by atoms with van der Waals surface area (Å²) in [6.07, 6.45) is 0.362. The molecule has 70 valence electrons. The lowest BCUT2D eigenvalue weighted by molar-refractivity contribution is -0.140. The highest BCUT2D eigenvalue weighted by Gasteiger charge is 2.11. The molecule has 0 aliphatic carbocycles. The Morgan fingerprint density at radius 3 is 2.62 bits per heavy atom. The van der Waals surface area contributed by atoms with Crippen molar-refractivity contribution < 1.29 is 9.53 Å². The highest BCUT2D eigenvalue weighted by molar-refractivity contribution is 9.09. The van der Waals surface area contributed by atoms with E-state index in [1.54, 1.807) is 0 Å². The summed E-state index contributed by atoms with van der Waals surface area (Å²) in [4.78, 5) is 11.0. The van der Waals surface area contributed by atoms with Crippen molar-refractivity contribution in [3.63, 3.8) is 0 Å². The molecule has 0 aliphatic rings. The number of carbonyl (C=O) groups excluding carboxylic acids is 1. The molecule has 0 unspecified atom stereocenters. The fraction of sp³-hybridized carbons (Fsp3) is 0.300. The normalized spacial score (nSPS) is 12.2. The van der Waals surface area contributed by atoms with Crippen LogP contribution in [0.25, 0.3) is 0 Å². The van der Waals surface area contributed by atoms with Gasteiger partial charge in [-0.15, -0.1) is 0 Å². The minimum absolute atomic E-state index is 0.0427. The van der Waals surface area contributed by atoms with Crippen LogP contribution < -0.4 is 0 Å². The molecule has 0 spiro atoms. The minimum Gasteiger partial charge on any atom is -0.469 e. The molecule has 0 saturated heterocycles. The zero-order chi connectivity index (χ0) is 9.68. The summed E-state index contributed by atoms with van der Waals surface area (Å²) < 4.78 is 4.57. The van der Waals surface area contributed by atoms with E-state index in [9.17, 15) is 4.79 Å². The average Bonchev–Trinajstić information content (AvgIpc) is 2.19. The van der Waals surface area contributed by atoms with E-state index < -0.39 is 0 Å². The van der Waals surface area contributed by atoms with Gasteiger partial charge in [-0.2, -0.15) is 0 Å². The van der Waals surface area contributed by atoms with E-state index in [0.717, 1.165) is 5.56 Å². The van der Waals surface area contributed by atoms with Crippen LogP contribution in [0, 0.1) is 0 Å². The Morgan fingerprint density at radius 2 is 2.08 bits per heavy atom.